The molecule has 0 unspecified atom stereocenters. The van der Waals surface area contributed by atoms with Gasteiger partial charge in [0.2, 0.25) is 0 Å². The minimum absolute atomic E-state index is 0.0418. The van der Waals surface area contributed by atoms with E-state index >= 15 is 0 Å². The van der Waals surface area contributed by atoms with Crippen molar-refractivity contribution < 1.29 is 14.3 Å². The van der Waals surface area contributed by atoms with Crippen LogP contribution in [0, 0.1) is 0 Å². The topological polar surface area (TPSA) is 59.5 Å². The summed E-state index contributed by atoms with van der Waals surface area (Å²) in [5.74, 6) is 0.426. The first kappa shape index (κ1) is 18.9. The molecule has 0 saturated carbocycles. The van der Waals surface area contributed by atoms with Crippen molar-refractivity contribution in [3.05, 3.63) is 41.4 Å². The maximum atomic E-state index is 12.6. The summed E-state index contributed by atoms with van der Waals surface area (Å²) in [4.78, 5) is 30.4. The van der Waals surface area contributed by atoms with Crippen LogP contribution in [0.1, 0.15) is 47.1 Å². The number of hydrogen-bond acceptors (Lipinski definition) is 4. The second kappa shape index (κ2) is 7.90. The first-order valence-electron chi connectivity index (χ1n) is 7.88. The summed E-state index contributed by atoms with van der Waals surface area (Å²) in [6.07, 6.45) is 3.57. The van der Waals surface area contributed by atoms with E-state index in [1.54, 1.807) is 46.2 Å². The molecule has 0 bridgehead atoms. The molecule has 0 spiro atoms. The van der Waals surface area contributed by atoms with Crippen LogP contribution in [0.3, 0.4) is 0 Å². The number of pyridine rings is 1. The minimum atomic E-state index is -0.922. The molecule has 1 aliphatic heterocycles. The number of carbonyl (C=O) groups is 2. The lowest BCUT2D eigenvalue weighted by atomic mass is 9.91. The third kappa shape index (κ3) is 4.18. The highest BCUT2D eigenvalue weighted by atomic mass is 16.5. The van der Waals surface area contributed by atoms with E-state index in [9.17, 15) is 9.59 Å². The molecule has 0 aromatic carbocycles. The van der Waals surface area contributed by atoms with Crippen LogP contribution < -0.4 is 0 Å². The minimum Gasteiger partial charge on any atom is -0.477 e. The second-order valence-corrected chi connectivity index (χ2v) is 5.71. The first-order chi connectivity index (χ1) is 10.8. The van der Waals surface area contributed by atoms with Crippen LogP contribution >= 0.6 is 0 Å². The third-order valence-corrected chi connectivity index (χ3v) is 3.95. The maximum absolute atomic E-state index is 12.6. The van der Waals surface area contributed by atoms with Gasteiger partial charge in [0.05, 0.1) is 11.1 Å². The van der Waals surface area contributed by atoms with Gasteiger partial charge < -0.3 is 4.74 Å². The summed E-state index contributed by atoms with van der Waals surface area (Å²) >= 11 is 0. The van der Waals surface area contributed by atoms with Crippen LogP contribution in [0.2, 0.25) is 0 Å². The van der Waals surface area contributed by atoms with Crippen molar-refractivity contribution in [1.29, 1.82) is 0 Å². The fourth-order valence-corrected chi connectivity index (χ4v) is 2.15. The monoisotopic (exact) mass is 318 g/mol. The summed E-state index contributed by atoms with van der Waals surface area (Å²) < 4.78 is 5.48. The Morgan fingerprint density at radius 3 is 2.57 bits per heavy atom. The molecule has 5 nitrogen and oxygen atoms in total. The largest absolute Gasteiger partial charge is 0.477 e. The van der Waals surface area contributed by atoms with Crippen molar-refractivity contribution in [3.8, 4) is 0 Å². The molecule has 1 aromatic rings. The zero-order valence-electron chi connectivity index (χ0n) is 14.8. The molecule has 23 heavy (non-hydrogen) atoms. The molecule has 0 fully saturated rings. The molecule has 0 radical (unpaired) electrons. The Bertz CT molecular complexity index is 592. The molecular weight excluding hydrogens is 292 g/mol. The fourth-order valence-electron chi connectivity index (χ4n) is 2.15. The Balaban J connectivity index is 0.00000127. The zero-order valence-corrected chi connectivity index (χ0v) is 14.8. The molecule has 0 saturated heterocycles. The summed E-state index contributed by atoms with van der Waals surface area (Å²) in [6, 6.07) is 3.64. The highest BCUT2D eigenvalue weighted by molar-refractivity contribution is 5.99. The van der Waals surface area contributed by atoms with E-state index in [1.165, 1.54) is 4.90 Å². The van der Waals surface area contributed by atoms with Crippen molar-refractivity contribution in [2.45, 2.75) is 53.5 Å². The van der Waals surface area contributed by atoms with Gasteiger partial charge >= 0.3 is 0 Å². The smallest absolute Gasteiger partial charge is 0.256 e. The van der Waals surface area contributed by atoms with Gasteiger partial charge in [0.15, 0.2) is 12.5 Å². The lowest BCUT2D eigenvalue weighted by Gasteiger charge is -2.39. The predicted molar refractivity (Wildman–Crippen MR) is 89.5 cm³/mol. The summed E-state index contributed by atoms with van der Waals surface area (Å²) in [5, 5.41) is 0. The molecular formula is C18H26N2O3. The van der Waals surface area contributed by atoms with Gasteiger partial charge in [-0.05, 0) is 39.3 Å². The molecule has 1 aromatic heterocycles. The van der Waals surface area contributed by atoms with Crippen molar-refractivity contribution >= 4 is 11.7 Å². The van der Waals surface area contributed by atoms with Crippen LogP contribution in [-0.4, -0.2) is 33.8 Å². The van der Waals surface area contributed by atoms with Crippen LogP contribution in [0.15, 0.2) is 35.9 Å². The van der Waals surface area contributed by atoms with Crippen molar-refractivity contribution in [2.24, 2.45) is 0 Å². The average molecular weight is 318 g/mol. The van der Waals surface area contributed by atoms with Crippen LogP contribution in [-0.2, 0) is 20.7 Å². The van der Waals surface area contributed by atoms with Gasteiger partial charge in [-0.2, -0.15) is 0 Å². The number of nitrogens with zero attached hydrogens (tertiary/aromatic N) is 2. The van der Waals surface area contributed by atoms with Gasteiger partial charge in [-0.1, -0.05) is 19.9 Å². The number of hydrogen-bond donors (Lipinski definition) is 0. The SMILES string of the molecule is CC.CC1=C(C)C(=O)N(C(C)(C)C(=O)Cc2cccnc2)CO1. The molecule has 0 atom stereocenters. The fraction of sp³-hybridized carbons (Fsp3) is 0.500. The van der Waals surface area contributed by atoms with E-state index in [-0.39, 0.29) is 24.8 Å². The highest BCUT2D eigenvalue weighted by Crippen LogP contribution is 2.25. The Morgan fingerprint density at radius 2 is 2.00 bits per heavy atom. The van der Waals surface area contributed by atoms with Gasteiger partial charge in [0.1, 0.15) is 5.76 Å². The van der Waals surface area contributed by atoms with E-state index in [2.05, 4.69) is 4.98 Å². The number of carbonyl (C=O) groups excluding carboxylic acids is 2. The van der Waals surface area contributed by atoms with Crippen molar-refractivity contribution in [1.82, 2.24) is 9.88 Å². The van der Waals surface area contributed by atoms with Gasteiger partial charge in [0, 0.05) is 18.8 Å². The molecule has 126 valence electrons. The van der Waals surface area contributed by atoms with E-state index in [0.717, 1.165) is 5.56 Å². The number of amides is 1. The van der Waals surface area contributed by atoms with E-state index in [4.69, 9.17) is 4.74 Å². The highest BCUT2D eigenvalue weighted by Gasteiger charge is 2.40. The maximum Gasteiger partial charge on any atom is 0.256 e. The van der Waals surface area contributed by atoms with Crippen molar-refractivity contribution in [2.75, 3.05) is 6.73 Å². The van der Waals surface area contributed by atoms with E-state index in [0.29, 0.717) is 11.3 Å². The van der Waals surface area contributed by atoms with Gasteiger partial charge in [-0.25, -0.2) is 0 Å². The normalized spacial score (nSPS) is 14.9. The molecule has 2 heterocycles. The first-order valence-corrected chi connectivity index (χ1v) is 7.88. The molecule has 2 rings (SSSR count). The van der Waals surface area contributed by atoms with Crippen LogP contribution in [0.25, 0.3) is 0 Å². The van der Waals surface area contributed by atoms with Crippen molar-refractivity contribution in [3.63, 3.8) is 0 Å². The molecule has 1 aliphatic rings. The summed E-state index contributed by atoms with van der Waals surface area (Å²) in [5.41, 5.74) is 0.461. The standard InChI is InChI=1S/C16H20N2O3.C2H6/c1-11-12(2)21-10-18(15(11)20)16(3,4)14(19)8-13-6-5-7-17-9-13;1-2/h5-7,9H,8,10H2,1-4H3;1-2H3. The predicted octanol–water partition coefficient (Wildman–Crippen LogP) is 3.11. The molecule has 0 aliphatic carbocycles. The number of rotatable bonds is 4. The van der Waals surface area contributed by atoms with E-state index < -0.39 is 5.54 Å². The van der Waals surface area contributed by atoms with Gasteiger partial charge in [-0.15, -0.1) is 0 Å². The second-order valence-electron chi connectivity index (χ2n) is 5.71. The zero-order chi connectivity index (χ0) is 17.6. The van der Waals surface area contributed by atoms with E-state index in [1.807, 2.05) is 19.9 Å². The van der Waals surface area contributed by atoms with Crippen LogP contribution in [0.4, 0.5) is 0 Å². The molecule has 5 heteroatoms. The number of aromatic nitrogens is 1. The number of allylic oxidation sites excluding steroid dienone is 1. The Morgan fingerprint density at radius 1 is 1.35 bits per heavy atom. The lowest BCUT2D eigenvalue weighted by Crippen LogP contribution is -2.56. The average Bonchev–Trinajstić information content (AvgIpc) is 2.55. The molecule has 0 N–H and O–H groups in total. The van der Waals surface area contributed by atoms with Gasteiger partial charge in [-0.3, -0.25) is 19.5 Å². The number of Topliss-reactive ketones (excluding diaryl/α,β-unsaturated/α-hetero) is 1. The van der Waals surface area contributed by atoms with Crippen LogP contribution in [0.5, 0.6) is 0 Å². The van der Waals surface area contributed by atoms with Gasteiger partial charge in [0.25, 0.3) is 5.91 Å². The lowest BCUT2D eigenvalue weighted by molar-refractivity contribution is -0.150. The Hall–Kier alpha value is -2.17. The number of ether oxygens (including phenoxy) is 1. The third-order valence-electron chi connectivity index (χ3n) is 3.95. The summed E-state index contributed by atoms with van der Waals surface area (Å²) in [7, 11) is 0. The Kier molecular flexibility index (Phi) is 6.49. The molecule has 1 amide bonds. The summed E-state index contributed by atoms with van der Waals surface area (Å²) in [6.45, 7) is 11.1. The number of ketones is 1. The quantitative estimate of drug-likeness (QED) is 0.856. The Labute approximate surface area is 138 Å².